The van der Waals surface area contributed by atoms with Crippen LogP contribution in [0.3, 0.4) is 0 Å². The van der Waals surface area contributed by atoms with Crippen molar-refractivity contribution in [3.05, 3.63) is 74.1 Å². The summed E-state index contributed by atoms with van der Waals surface area (Å²) in [6.07, 6.45) is 0. The van der Waals surface area contributed by atoms with Gasteiger partial charge in [0.15, 0.2) is 0 Å². The lowest BCUT2D eigenvalue weighted by molar-refractivity contribution is -0.394. The van der Waals surface area contributed by atoms with Gasteiger partial charge in [-0.2, -0.15) is 4.80 Å². The summed E-state index contributed by atoms with van der Waals surface area (Å²) < 4.78 is 13.2. The summed E-state index contributed by atoms with van der Waals surface area (Å²) in [5.74, 6) is -0.421. The van der Waals surface area contributed by atoms with Crippen molar-refractivity contribution in [2.75, 3.05) is 0 Å². The van der Waals surface area contributed by atoms with E-state index in [1.807, 2.05) is 0 Å². The molecule has 0 aliphatic carbocycles. The average molecular weight is 344 g/mol. The lowest BCUT2D eigenvalue weighted by Gasteiger charge is -1.99. The van der Waals surface area contributed by atoms with Crippen molar-refractivity contribution in [2.24, 2.45) is 0 Å². The highest BCUT2D eigenvalue weighted by Crippen LogP contribution is 2.27. The van der Waals surface area contributed by atoms with Crippen molar-refractivity contribution in [2.45, 2.75) is 6.54 Å². The molecule has 0 aliphatic heterocycles. The zero-order valence-electron chi connectivity index (χ0n) is 12.4. The van der Waals surface area contributed by atoms with Crippen molar-refractivity contribution in [3.8, 4) is 11.4 Å². The first-order chi connectivity index (χ1) is 11.9. The molecule has 1 aromatic heterocycles. The topological polar surface area (TPSA) is 130 Å². The first-order valence-electron chi connectivity index (χ1n) is 6.89. The molecule has 0 amide bonds. The van der Waals surface area contributed by atoms with Crippen LogP contribution in [0.4, 0.5) is 15.8 Å². The Balaban J connectivity index is 1.94. The van der Waals surface area contributed by atoms with Gasteiger partial charge >= 0.3 is 0 Å². The number of aromatic nitrogens is 4. The van der Waals surface area contributed by atoms with Crippen molar-refractivity contribution in [3.63, 3.8) is 0 Å². The molecule has 11 heteroatoms. The van der Waals surface area contributed by atoms with Crippen molar-refractivity contribution < 1.29 is 14.2 Å². The van der Waals surface area contributed by atoms with E-state index in [2.05, 4.69) is 15.4 Å². The van der Waals surface area contributed by atoms with E-state index in [0.717, 1.165) is 23.0 Å². The van der Waals surface area contributed by atoms with E-state index in [0.29, 0.717) is 5.56 Å². The summed E-state index contributed by atoms with van der Waals surface area (Å²) in [6, 6.07) is 8.90. The maximum atomic E-state index is 13.2. The third kappa shape index (κ3) is 3.60. The highest BCUT2D eigenvalue weighted by molar-refractivity contribution is 5.63. The van der Waals surface area contributed by atoms with Crippen LogP contribution in [-0.4, -0.2) is 30.1 Å². The minimum atomic E-state index is -0.742. The molecule has 0 aliphatic rings. The Kier molecular flexibility index (Phi) is 4.12. The quantitative estimate of drug-likeness (QED) is 0.513. The summed E-state index contributed by atoms with van der Waals surface area (Å²) in [5, 5.41) is 33.4. The highest BCUT2D eigenvalue weighted by Gasteiger charge is 2.19. The smallest absolute Gasteiger partial charge is 0.258 e. The second-order valence-corrected chi connectivity index (χ2v) is 5.03. The van der Waals surface area contributed by atoms with E-state index >= 15 is 0 Å². The summed E-state index contributed by atoms with van der Waals surface area (Å²) in [7, 11) is 0. The third-order valence-corrected chi connectivity index (χ3v) is 3.25. The van der Waals surface area contributed by atoms with Gasteiger partial charge in [-0.15, -0.1) is 10.2 Å². The van der Waals surface area contributed by atoms with E-state index in [4.69, 9.17) is 0 Å². The third-order valence-electron chi connectivity index (χ3n) is 3.25. The van der Waals surface area contributed by atoms with Crippen molar-refractivity contribution in [1.82, 2.24) is 20.2 Å². The normalized spacial score (nSPS) is 10.6. The molecular formula is C14H9FN6O4. The van der Waals surface area contributed by atoms with Crippen LogP contribution in [-0.2, 0) is 6.54 Å². The van der Waals surface area contributed by atoms with Gasteiger partial charge in [-0.05, 0) is 22.9 Å². The van der Waals surface area contributed by atoms with Crippen molar-refractivity contribution >= 4 is 11.4 Å². The van der Waals surface area contributed by atoms with Crippen LogP contribution in [0.25, 0.3) is 11.4 Å². The van der Waals surface area contributed by atoms with E-state index in [9.17, 15) is 24.6 Å². The number of tetrazole rings is 1. The van der Waals surface area contributed by atoms with E-state index in [1.54, 1.807) is 6.07 Å². The number of non-ortho nitro benzene ring substituents is 2. The average Bonchev–Trinajstić information content (AvgIpc) is 3.03. The molecule has 0 radical (unpaired) electrons. The highest BCUT2D eigenvalue weighted by atomic mass is 19.1. The van der Waals surface area contributed by atoms with Gasteiger partial charge in [0.1, 0.15) is 5.82 Å². The molecule has 3 rings (SSSR count). The fourth-order valence-electron chi connectivity index (χ4n) is 2.16. The Bertz CT molecular complexity index is 941. The summed E-state index contributed by atoms with van der Waals surface area (Å²) in [4.78, 5) is 21.5. The van der Waals surface area contributed by atoms with E-state index < -0.39 is 27.0 Å². The second-order valence-electron chi connectivity index (χ2n) is 5.03. The van der Waals surface area contributed by atoms with Gasteiger partial charge < -0.3 is 0 Å². The van der Waals surface area contributed by atoms with Crippen molar-refractivity contribution in [1.29, 1.82) is 0 Å². The minimum Gasteiger partial charge on any atom is -0.258 e. The Morgan fingerprint density at radius 1 is 1.04 bits per heavy atom. The van der Waals surface area contributed by atoms with Gasteiger partial charge in [0.2, 0.25) is 5.82 Å². The second kappa shape index (κ2) is 6.39. The molecule has 25 heavy (non-hydrogen) atoms. The standard InChI is InChI=1S/C14H9FN6O4/c15-11-3-1-2-9(4-11)8-19-17-14(16-18-19)10-5-12(20(22)23)7-13(6-10)21(24)25/h1-7H,8H2. The maximum absolute atomic E-state index is 13.2. The molecular weight excluding hydrogens is 335 g/mol. The Hall–Kier alpha value is -3.76. The zero-order chi connectivity index (χ0) is 18.0. The largest absolute Gasteiger partial charge is 0.277 e. The maximum Gasteiger partial charge on any atom is 0.277 e. The Morgan fingerprint density at radius 3 is 2.32 bits per heavy atom. The van der Waals surface area contributed by atoms with E-state index in [-0.39, 0.29) is 17.9 Å². The van der Waals surface area contributed by atoms with Crippen LogP contribution in [0.2, 0.25) is 0 Å². The number of benzene rings is 2. The SMILES string of the molecule is O=[N+]([O-])c1cc(-c2nnn(Cc3cccc(F)c3)n2)cc([N+](=O)[O-])c1. The molecule has 0 fully saturated rings. The van der Waals surface area contributed by atoms with Gasteiger partial charge in [-0.25, -0.2) is 4.39 Å². The molecule has 2 aromatic carbocycles. The van der Waals surface area contributed by atoms with Gasteiger partial charge in [-0.1, -0.05) is 12.1 Å². The predicted molar refractivity (Wildman–Crippen MR) is 82.1 cm³/mol. The van der Waals surface area contributed by atoms with Crippen LogP contribution in [0.1, 0.15) is 5.56 Å². The first kappa shape index (κ1) is 16.1. The molecule has 10 nitrogen and oxygen atoms in total. The molecule has 0 atom stereocenters. The van der Waals surface area contributed by atoms with Crippen LogP contribution in [0.5, 0.6) is 0 Å². The minimum absolute atomic E-state index is 0.0109. The van der Waals surface area contributed by atoms with Crippen LogP contribution >= 0.6 is 0 Å². The molecule has 126 valence electrons. The Labute approximate surface area is 138 Å². The molecule has 0 bridgehead atoms. The van der Waals surface area contributed by atoms with Gasteiger partial charge in [0, 0.05) is 17.7 Å². The van der Waals surface area contributed by atoms with E-state index in [1.165, 1.54) is 18.2 Å². The molecule has 0 spiro atoms. The fourth-order valence-corrected chi connectivity index (χ4v) is 2.16. The summed E-state index contributed by atoms with van der Waals surface area (Å²) in [6.45, 7) is 0.127. The molecule has 0 N–H and O–H groups in total. The molecule has 0 saturated carbocycles. The van der Waals surface area contributed by atoms with Gasteiger partial charge in [-0.3, -0.25) is 20.2 Å². The lowest BCUT2D eigenvalue weighted by Crippen LogP contribution is -2.04. The van der Waals surface area contributed by atoms with Crippen LogP contribution in [0, 0.1) is 26.0 Å². The number of hydrogen-bond acceptors (Lipinski definition) is 7. The summed E-state index contributed by atoms with van der Waals surface area (Å²) >= 11 is 0. The lowest BCUT2D eigenvalue weighted by atomic mass is 10.1. The summed E-state index contributed by atoms with van der Waals surface area (Å²) in [5.41, 5.74) is -0.225. The number of rotatable bonds is 5. The molecule has 3 aromatic rings. The first-order valence-corrected chi connectivity index (χ1v) is 6.89. The molecule has 1 heterocycles. The number of nitro groups is 2. The number of nitro benzene ring substituents is 2. The van der Waals surface area contributed by atoms with Gasteiger partial charge in [0.05, 0.1) is 22.5 Å². The Morgan fingerprint density at radius 2 is 1.72 bits per heavy atom. The number of nitrogens with zero attached hydrogens (tertiary/aromatic N) is 6. The molecule has 0 saturated heterocycles. The zero-order valence-corrected chi connectivity index (χ0v) is 12.4. The van der Waals surface area contributed by atoms with Crippen LogP contribution < -0.4 is 0 Å². The predicted octanol–water partition coefficient (Wildman–Crippen LogP) is 2.34. The number of halogens is 1. The molecule has 0 unspecified atom stereocenters. The fraction of sp³-hybridized carbons (Fsp3) is 0.0714. The van der Waals surface area contributed by atoms with Crippen LogP contribution in [0.15, 0.2) is 42.5 Å². The monoisotopic (exact) mass is 344 g/mol. The number of hydrogen-bond donors (Lipinski definition) is 0. The van der Waals surface area contributed by atoms with Gasteiger partial charge in [0.25, 0.3) is 11.4 Å².